The zero-order valence-corrected chi connectivity index (χ0v) is 22.5. The van der Waals surface area contributed by atoms with Crippen molar-refractivity contribution in [3.8, 4) is 28.5 Å². The number of fused-ring (bicyclic) bond motifs is 1. The van der Waals surface area contributed by atoms with Gasteiger partial charge in [0, 0.05) is 23.1 Å². The fourth-order valence-corrected chi connectivity index (χ4v) is 5.28. The molecule has 1 amide bonds. The lowest BCUT2D eigenvalue weighted by Crippen LogP contribution is -2.30. The number of amides is 1. The van der Waals surface area contributed by atoms with Crippen LogP contribution in [0, 0.1) is 0 Å². The van der Waals surface area contributed by atoms with Gasteiger partial charge in [0.05, 0.1) is 39.3 Å². The van der Waals surface area contributed by atoms with Crippen molar-refractivity contribution < 1.29 is 19.0 Å². The highest BCUT2D eigenvalue weighted by molar-refractivity contribution is 7.07. The number of carbonyl (C=O) groups excluding carboxylic acids is 1. The monoisotopic (exact) mass is 528 g/mol. The third kappa shape index (κ3) is 4.56. The second-order valence-electron chi connectivity index (χ2n) is 8.45. The molecular formula is C29H28N4O4S. The van der Waals surface area contributed by atoms with E-state index in [0.29, 0.717) is 40.9 Å². The molecule has 2 heterocycles. The van der Waals surface area contributed by atoms with Crippen molar-refractivity contribution in [2.75, 3.05) is 32.8 Å². The van der Waals surface area contributed by atoms with Crippen molar-refractivity contribution in [1.29, 1.82) is 0 Å². The molecule has 1 aromatic heterocycles. The Balaban J connectivity index is 1.72. The van der Waals surface area contributed by atoms with E-state index in [1.165, 1.54) is 11.3 Å². The van der Waals surface area contributed by atoms with Crippen molar-refractivity contribution in [2.24, 2.45) is 10.1 Å². The molecular weight excluding hydrogens is 500 g/mol. The van der Waals surface area contributed by atoms with Crippen molar-refractivity contribution in [3.05, 3.63) is 88.0 Å². The number of ether oxygens (including phenoxy) is 3. The second-order valence-corrected chi connectivity index (χ2v) is 9.28. The normalized spacial score (nSPS) is 14.2. The van der Waals surface area contributed by atoms with E-state index >= 15 is 0 Å². The quantitative estimate of drug-likeness (QED) is 0.324. The molecule has 0 unspecified atom stereocenters. The number of hydrogen-bond acceptors (Lipinski definition) is 7. The average Bonchev–Trinajstić information content (AvgIpc) is 3.49. The number of nitrogens with zero attached hydrogens (tertiary/aromatic N) is 4. The minimum Gasteiger partial charge on any atom is -0.493 e. The third-order valence-electron chi connectivity index (χ3n) is 6.30. The Morgan fingerprint density at radius 3 is 2.24 bits per heavy atom. The Hall–Kier alpha value is -4.37. The molecule has 0 saturated carbocycles. The Morgan fingerprint density at radius 2 is 1.58 bits per heavy atom. The molecule has 8 nitrogen and oxygen atoms in total. The highest BCUT2D eigenvalue weighted by Crippen LogP contribution is 2.41. The molecule has 0 bridgehead atoms. The van der Waals surface area contributed by atoms with Gasteiger partial charge in [-0.25, -0.2) is 4.68 Å². The van der Waals surface area contributed by atoms with E-state index in [9.17, 15) is 4.79 Å². The molecule has 0 fully saturated rings. The van der Waals surface area contributed by atoms with Crippen LogP contribution in [0.5, 0.6) is 17.2 Å². The molecule has 1 aliphatic heterocycles. The molecule has 4 aromatic rings. The summed E-state index contributed by atoms with van der Waals surface area (Å²) in [5, 5.41) is 6.90. The lowest BCUT2D eigenvalue weighted by Gasteiger charge is -2.14. The number of para-hydroxylation sites is 1. The number of thiazole rings is 1. The third-order valence-corrected chi connectivity index (χ3v) is 7.15. The summed E-state index contributed by atoms with van der Waals surface area (Å²) in [7, 11) is 4.73. The zero-order valence-electron chi connectivity index (χ0n) is 21.7. The standard InChI is InChI=1S/C29H28N4O4S/c1-5-32-22-14-10-9-13-21(22)26(28(32)34)31-33-23(18-38-29(33)30-17-19-11-7-6-8-12-19)20-15-24(35-2)27(37-4)25(16-20)36-3/h6-16,18H,5,17H2,1-4H3. The van der Waals surface area contributed by atoms with Crippen LogP contribution in [0.1, 0.15) is 18.1 Å². The summed E-state index contributed by atoms with van der Waals surface area (Å²) >= 11 is 1.45. The van der Waals surface area contributed by atoms with Crippen molar-refractivity contribution in [2.45, 2.75) is 13.5 Å². The minimum absolute atomic E-state index is 0.141. The van der Waals surface area contributed by atoms with Crippen LogP contribution in [0.25, 0.3) is 11.3 Å². The van der Waals surface area contributed by atoms with E-state index in [1.807, 2.05) is 79.0 Å². The number of methoxy groups -OCH3 is 3. The van der Waals surface area contributed by atoms with Crippen LogP contribution in [0.2, 0.25) is 0 Å². The smallest absolute Gasteiger partial charge is 0.279 e. The van der Waals surface area contributed by atoms with Gasteiger partial charge in [-0.1, -0.05) is 48.5 Å². The van der Waals surface area contributed by atoms with E-state index in [4.69, 9.17) is 24.3 Å². The highest BCUT2D eigenvalue weighted by atomic mass is 32.1. The molecule has 0 atom stereocenters. The molecule has 1 aliphatic rings. The predicted molar refractivity (Wildman–Crippen MR) is 150 cm³/mol. The molecule has 0 aliphatic carbocycles. The summed E-state index contributed by atoms with van der Waals surface area (Å²) in [5.41, 5.74) is 4.63. The van der Waals surface area contributed by atoms with Gasteiger partial charge in [-0.3, -0.25) is 9.79 Å². The number of likely N-dealkylation sites (N-methyl/N-ethyl adjacent to an activating group) is 1. The Kier molecular flexibility index (Phi) is 7.28. The summed E-state index contributed by atoms with van der Waals surface area (Å²) in [6.45, 7) is 2.98. The van der Waals surface area contributed by atoms with Gasteiger partial charge in [-0.15, -0.1) is 11.3 Å². The molecule has 0 radical (unpaired) electrons. The SMILES string of the molecule is CCN1C(=O)C(=Nn2c(-c3cc(OC)c(OC)c(OC)c3)csc2=NCc2ccccc2)c2ccccc21. The van der Waals surface area contributed by atoms with E-state index in [1.54, 1.807) is 30.9 Å². The molecule has 9 heteroatoms. The first kappa shape index (κ1) is 25.3. The molecule has 194 valence electrons. The average molecular weight is 529 g/mol. The number of anilines is 1. The summed E-state index contributed by atoms with van der Waals surface area (Å²) in [5.74, 6) is 1.40. The largest absolute Gasteiger partial charge is 0.493 e. The number of benzene rings is 3. The lowest BCUT2D eigenvalue weighted by atomic mass is 10.1. The molecule has 0 saturated heterocycles. The summed E-state index contributed by atoms with van der Waals surface area (Å²) in [4.78, 5) is 20.7. The van der Waals surface area contributed by atoms with Crippen LogP contribution < -0.4 is 23.9 Å². The van der Waals surface area contributed by atoms with Gasteiger partial charge in [0.1, 0.15) is 0 Å². The maximum absolute atomic E-state index is 13.4. The fraction of sp³-hybridized carbons (Fsp3) is 0.207. The molecule has 38 heavy (non-hydrogen) atoms. The molecule has 3 aromatic carbocycles. The lowest BCUT2D eigenvalue weighted by molar-refractivity contribution is -0.112. The maximum Gasteiger partial charge on any atom is 0.279 e. The number of hydrogen-bond donors (Lipinski definition) is 0. The summed E-state index contributed by atoms with van der Waals surface area (Å²) in [6.07, 6.45) is 0. The molecule has 5 rings (SSSR count). The summed E-state index contributed by atoms with van der Waals surface area (Å²) < 4.78 is 18.4. The van der Waals surface area contributed by atoms with Crippen LogP contribution in [-0.2, 0) is 11.3 Å². The van der Waals surface area contributed by atoms with Gasteiger partial charge < -0.3 is 19.1 Å². The predicted octanol–water partition coefficient (Wildman–Crippen LogP) is 4.96. The van der Waals surface area contributed by atoms with Crippen molar-refractivity contribution >= 4 is 28.6 Å². The first-order valence-corrected chi connectivity index (χ1v) is 13.0. The fourth-order valence-electron chi connectivity index (χ4n) is 4.45. The molecule has 0 spiro atoms. The van der Waals surface area contributed by atoms with Crippen LogP contribution >= 0.6 is 11.3 Å². The minimum atomic E-state index is -0.141. The van der Waals surface area contributed by atoms with Gasteiger partial charge in [0.2, 0.25) is 10.6 Å². The van der Waals surface area contributed by atoms with Crippen LogP contribution in [0.4, 0.5) is 5.69 Å². The van der Waals surface area contributed by atoms with E-state index < -0.39 is 0 Å². The number of aromatic nitrogens is 1. The number of carbonyl (C=O) groups is 1. The van der Waals surface area contributed by atoms with Gasteiger partial charge in [-0.2, -0.15) is 5.10 Å². The van der Waals surface area contributed by atoms with Crippen molar-refractivity contribution in [3.63, 3.8) is 0 Å². The van der Waals surface area contributed by atoms with E-state index in [2.05, 4.69) is 0 Å². The van der Waals surface area contributed by atoms with Crippen LogP contribution in [0.3, 0.4) is 0 Å². The van der Waals surface area contributed by atoms with Gasteiger partial charge >= 0.3 is 0 Å². The van der Waals surface area contributed by atoms with Gasteiger partial charge in [0.15, 0.2) is 17.2 Å². The zero-order chi connectivity index (χ0) is 26.6. The first-order valence-electron chi connectivity index (χ1n) is 12.1. The summed E-state index contributed by atoms with van der Waals surface area (Å²) in [6, 6.07) is 21.5. The Bertz CT molecular complexity index is 1550. The highest BCUT2D eigenvalue weighted by Gasteiger charge is 2.33. The number of rotatable bonds is 8. The van der Waals surface area contributed by atoms with Gasteiger partial charge in [0.25, 0.3) is 5.91 Å². The van der Waals surface area contributed by atoms with E-state index in [0.717, 1.165) is 28.1 Å². The Labute approximate surface area is 225 Å². The molecule has 0 N–H and O–H groups in total. The van der Waals surface area contributed by atoms with Crippen LogP contribution in [-0.4, -0.2) is 44.2 Å². The Morgan fingerprint density at radius 1 is 0.895 bits per heavy atom. The maximum atomic E-state index is 13.4. The van der Waals surface area contributed by atoms with Crippen molar-refractivity contribution in [1.82, 2.24) is 4.68 Å². The second kappa shape index (κ2) is 10.9. The van der Waals surface area contributed by atoms with Gasteiger partial charge in [-0.05, 0) is 30.7 Å². The van der Waals surface area contributed by atoms with E-state index in [-0.39, 0.29) is 5.91 Å². The first-order chi connectivity index (χ1) is 18.6. The topological polar surface area (TPSA) is 77.7 Å². The van der Waals surface area contributed by atoms with Crippen LogP contribution in [0.15, 0.2) is 82.2 Å².